The Hall–Kier alpha value is -2.62. The molecule has 1 aromatic carbocycles. The van der Waals surface area contributed by atoms with E-state index in [1.807, 2.05) is 4.72 Å². The third kappa shape index (κ3) is 7.19. The molecular weight excluding hydrogens is 482 g/mol. The molecule has 12 nitrogen and oxygen atoms in total. The number of aliphatic carboxylic acids is 1. The lowest BCUT2D eigenvalue weighted by Gasteiger charge is -2.20. The molecule has 2 unspecified atom stereocenters. The molecule has 0 bridgehead atoms. The third-order valence-electron chi connectivity index (χ3n) is 4.98. The van der Waals surface area contributed by atoms with Gasteiger partial charge in [0.1, 0.15) is 16.1 Å². The number of carboxylic acids is 1. The highest BCUT2D eigenvalue weighted by atomic mass is 32.2. The summed E-state index contributed by atoms with van der Waals surface area (Å²) in [5, 5.41) is 25.1. The first-order valence-electron chi connectivity index (χ1n) is 10.6. The molecule has 1 aliphatic rings. The Morgan fingerprint density at radius 3 is 2.76 bits per heavy atom. The average Bonchev–Trinajstić information content (AvgIpc) is 3.46. The quantitative estimate of drug-likeness (QED) is 0.214. The Morgan fingerprint density at radius 1 is 1.32 bits per heavy atom. The van der Waals surface area contributed by atoms with Crippen molar-refractivity contribution >= 4 is 39.3 Å². The number of hydrogen-bond acceptors (Lipinski definition) is 11. The van der Waals surface area contributed by atoms with Crippen molar-refractivity contribution in [3.8, 4) is 0 Å². The summed E-state index contributed by atoms with van der Waals surface area (Å²) in [5.41, 5.74) is 6.55. The monoisotopic (exact) mass is 509 g/mol. The summed E-state index contributed by atoms with van der Waals surface area (Å²) in [6.45, 7) is 3.16. The van der Waals surface area contributed by atoms with Crippen molar-refractivity contribution in [2.45, 2.75) is 49.5 Å². The van der Waals surface area contributed by atoms with Gasteiger partial charge < -0.3 is 10.8 Å². The highest BCUT2D eigenvalue weighted by Gasteiger charge is 2.35. The van der Waals surface area contributed by atoms with Crippen LogP contribution < -0.4 is 21.1 Å². The van der Waals surface area contributed by atoms with Crippen LogP contribution in [0, 0.1) is 6.92 Å². The van der Waals surface area contributed by atoms with Gasteiger partial charge in [-0.2, -0.15) is 4.72 Å². The molecule has 0 spiro atoms. The number of carbonyl (C=O) groups is 2. The molecule has 1 aliphatic heterocycles. The van der Waals surface area contributed by atoms with Crippen LogP contribution in [-0.4, -0.2) is 73.2 Å². The maximum atomic E-state index is 12.6. The van der Waals surface area contributed by atoms with Crippen LogP contribution in [0.3, 0.4) is 0 Å². The van der Waals surface area contributed by atoms with E-state index in [4.69, 9.17) is 5.73 Å². The second-order valence-corrected chi connectivity index (χ2v) is 10.6. The number of aryl methyl sites for hydroxylation is 2. The minimum absolute atomic E-state index is 0.0744. The Balaban J connectivity index is 1.55. The number of sulfonamides is 1. The van der Waals surface area contributed by atoms with E-state index < -0.39 is 33.9 Å². The lowest BCUT2D eigenvalue weighted by Crippen LogP contribution is -2.56. The van der Waals surface area contributed by atoms with Gasteiger partial charge in [-0.15, -0.1) is 21.5 Å². The number of carboxylic acid groups (broad SMARTS) is 1. The normalized spacial score (nSPS) is 17.5. The number of aliphatic imine (C=N–C) groups is 1. The largest absolute Gasteiger partial charge is 0.480 e. The Bertz CT molecular complexity index is 1150. The Kier molecular flexibility index (Phi) is 8.93. The first-order valence-corrected chi connectivity index (χ1v) is 12.9. The van der Waals surface area contributed by atoms with Gasteiger partial charge in [0.2, 0.25) is 10.0 Å². The van der Waals surface area contributed by atoms with E-state index in [0.717, 1.165) is 24.5 Å². The number of benzene rings is 1. The minimum atomic E-state index is -4.20. The summed E-state index contributed by atoms with van der Waals surface area (Å²) in [6.07, 6.45) is 2.93. The lowest BCUT2D eigenvalue weighted by molar-refractivity contribution is -0.141. The summed E-state index contributed by atoms with van der Waals surface area (Å²) in [7, 11) is -4.20. The SMILES string of the molecule is Cc1cccc(S(=O)(=O)NC(C(=O)O)C(N)C(=O)Cc2nnc(CCCN[C@@H]3N=CCN3)s2)c1. The first kappa shape index (κ1) is 26.0. The number of hydrogen-bond donors (Lipinski definition) is 5. The molecule has 0 aliphatic carbocycles. The number of ketones is 1. The van der Waals surface area contributed by atoms with E-state index in [1.54, 1.807) is 19.2 Å². The highest BCUT2D eigenvalue weighted by molar-refractivity contribution is 7.89. The molecule has 0 amide bonds. The molecule has 2 aromatic rings. The van der Waals surface area contributed by atoms with Crippen LogP contribution in [0.2, 0.25) is 0 Å². The number of nitrogens with two attached hydrogens (primary N) is 1. The average molecular weight is 510 g/mol. The molecule has 34 heavy (non-hydrogen) atoms. The highest BCUT2D eigenvalue weighted by Crippen LogP contribution is 2.15. The topological polar surface area (TPSA) is 189 Å². The zero-order chi connectivity index (χ0) is 24.7. The van der Waals surface area contributed by atoms with Gasteiger partial charge in [0.15, 0.2) is 12.1 Å². The third-order valence-corrected chi connectivity index (χ3v) is 7.40. The molecule has 1 aromatic heterocycles. The fourth-order valence-electron chi connectivity index (χ4n) is 3.19. The number of nitrogens with zero attached hydrogens (tertiary/aromatic N) is 3. The number of aromatic nitrogens is 2. The van der Waals surface area contributed by atoms with Crippen LogP contribution in [0.4, 0.5) is 0 Å². The van der Waals surface area contributed by atoms with Crippen molar-refractivity contribution in [1.82, 2.24) is 25.6 Å². The molecule has 0 saturated carbocycles. The summed E-state index contributed by atoms with van der Waals surface area (Å²) in [4.78, 5) is 28.4. The molecule has 6 N–H and O–H groups in total. The van der Waals surface area contributed by atoms with Crippen molar-refractivity contribution < 1.29 is 23.1 Å². The first-order chi connectivity index (χ1) is 16.2. The molecule has 3 rings (SSSR count). The van der Waals surface area contributed by atoms with Gasteiger partial charge >= 0.3 is 5.97 Å². The van der Waals surface area contributed by atoms with Crippen molar-refractivity contribution in [1.29, 1.82) is 0 Å². The number of carbonyl (C=O) groups excluding carboxylic acids is 1. The van der Waals surface area contributed by atoms with Crippen LogP contribution >= 0.6 is 11.3 Å². The maximum Gasteiger partial charge on any atom is 0.323 e. The predicted molar refractivity (Wildman–Crippen MR) is 126 cm³/mol. The summed E-state index contributed by atoms with van der Waals surface area (Å²) in [5.74, 6) is -2.21. The Morgan fingerprint density at radius 2 is 2.09 bits per heavy atom. The molecule has 14 heteroatoms. The summed E-state index contributed by atoms with van der Waals surface area (Å²) >= 11 is 1.24. The van der Waals surface area contributed by atoms with E-state index in [1.165, 1.54) is 29.5 Å². The second-order valence-electron chi connectivity index (χ2n) is 7.71. The summed E-state index contributed by atoms with van der Waals surface area (Å²) < 4.78 is 27.3. The smallest absolute Gasteiger partial charge is 0.323 e. The van der Waals surface area contributed by atoms with Crippen LogP contribution in [-0.2, 0) is 32.5 Å². The number of nitrogens with one attached hydrogen (secondary N) is 3. The van der Waals surface area contributed by atoms with Crippen LogP contribution in [0.1, 0.15) is 22.0 Å². The van der Waals surface area contributed by atoms with Crippen molar-refractivity contribution in [3.05, 3.63) is 39.8 Å². The van der Waals surface area contributed by atoms with Gasteiger partial charge in [0, 0.05) is 19.2 Å². The molecule has 184 valence electrons. The number of Topliss-reactive ketones (excluding diaryl/α,β-unsaturated/α-hetero) is 1. The number of rotatable bonds is 13. The van der Waals surface area contributed by atoms with Gasteiger partial charge in [0.25, 0.3) is 0 Å². The predicted octanol–water partition coefficient (Wildman–Crippen LogP) is -0.803. The van der Waals surface area contributed by atoms with Crippen molar-refractivity contribution in [3.63, 3.8) is 0 Å². The van der Waals surface area contributed by atoms with E-state index in [-0.39, 0.29) is 17.6 Å². The standard InChI is InChI=1S/C20H27N7O5S2/c1-12-4-2-5-13(10-12)34(31,32)27-18(19(29)30)17(21)14(28)11-16-26-25-15(33-16)6-3-7-22-20-23-8-9-24-20/h2,4-5,8,10,17-18,20,22,24,27H,3,6-7,9,11,21H2,1H3,(H,29,30)/t17?,18?,20-/m1/s1. The lowest BCUT2D eigenvalue weighted by atomic mass is 10.0. The molecule has 2 heterocycles. The zero-order valence-corrected chi connectivity index (χ0v) is 20.1. The van der Waals surface area contributed by atoms with Gasteiger partial charge in [-0.05, 0) is 37.6 Å². The van der Waals surface area contributed by atoms with Gasteiger partial charge in [-0.25, -0.2) is 8.42 Å². The van der Waals surface area contributed by atoms with E-state index in [0.29, 0.717) is 17.0 Å². The Labute approximate surface area is 201 Å². The molecular formula is C20H27N7O5S2. The fraction of sp³-hybridized carbons (Fsp3) is 0.450. The second kappa shape index (κ2) is 11.7. The van der Waals surface area contributed by atoms with Crippen LogP contribution in [0.15, 0.2) is 34.2 Å². The van der Waals surface area contributed by atoms with Crippen LogP contribution in [0.5, 0.6) is 0 Å². The summed E-state index contributed by atoms with van der Waals surface area (Å²) in [6, 6.07) is 2.53. The van der Waals surface area contributed by atoms with Crippen molar-refractivity contribution in [2.75, 3.05) is 13.1 Å². The van der Waals surface area contributed by atoms with Gasteiger partial charge in [-0.3, -0.25) is 25.2 Å². The van der Waals surface area contributed by atoms with Crippen LogP contribution in [0.25, 0.3) is 0 Å². The molecule has 3 atom stereocenters. The molecule has 0 fully saturated rings. The van der Waals surface area contributed by atoms with Gasteiger partial charge in [0.05, 0.1) is 17.4 Å². The zero-order valence-electron chi connectivity index (χ0n) is 18.5. The fourth-order valence-corrected chi connectivity index (χ4v) is 5.40. The van der Waals surface area contributed by atoms with E-state index in [2.05, 4.69) is 25.8 Å². The van der Waals surface area contributed by atoms with Gasteiger partial charge in [-0.1, -0.05) is 12.1 Å². The maximum absolute atomic E-state index is 12.6. The van der Waals surface area contributed by atoms with E-state index >= 15 is 0 Å². The van der Waals surface area contributed by atoms with Crippen molar-refractivity contribution in [2.24, 2.45) is 10.7 Å². The molecule has 0 saturated heterocycles. The minimum Gasteiger partial charge on any atom is -0.480 e. The van der Waals surface area contributed by atoms with E-state index in [9.17, 15) is 23.1 Å². The molecule has 0 radical (unpaired) electrons.